The molecule has 6 heteroatoms. The van der Waals surface area contributed by atoms with Crippen LogP contribution in [0.5, 0.6) is 0 Å². The first-order valence-corrected chi connectivity index (χ1v) is 8.61. The third kappa shape index (κ3) is 3.24. The van der Waals surface area contributed by atoms with E-state index in [4.69, 9.17) is 23.2 Å². The molecule has 3 nitrogen and oxygen atoms in total. The molecule has 1 aromatic rings. The van der Waals surface area contributed by atoms with Crippen molar-refractivity contribution in [2.45, 2.75) is 30.0 Å². The molecule has 0 unspecified atom stereocenters. The van der Waals surface area contributed by atoms with Crippen molar-refractivity contribution in [3.8, 4) is 0 Å². The Morgan fingerprint density at radius 2 is 2.05 bits per heavy atom. The number of rotatable bonds is 5. The monoisotopic (exact) mass is 321 g/mol. The van der Waals surface area contributed by atoms with Gasteiger partial charge in [-0.3, -0.25) is 0 Å². The zero-order valence-electron chi connectivity index (χ0n) is 10.8. The minimum absolute atomic E-state index is 0.230. The molecule has 0 radical (unpaired) electrons. The first-order chi connectivity index (χ1) is 8.95. The van der Waals surface area contributed by atoms with Gasteiger partial charge in [0, 0.05) is 24.5 Å². The van der Waals surface area contributed by atoms with E-state index in [1.807, 2.05) is 0 Å². The highest BCUT2D eigenvalue weighted by Gasteiger charge is 2.27. The van der Waals surface area contributed by atoms with Gasteiger partial charge in [0.05, 0.1) is 4.90 Å². The number of alkyl halides is 1. The highest BCUT2D eigenvalue weighted by Crippen LogP contribution is 2.29. The number of nitrogens with zero attached hydrogens (tertiary/aromatic N) is 1. The van der Waals surface area contributed by atoms with Crippen molar-refractivity contribution in [1.82, 2.24) is 4.31 Å². The summed E-state index contributed by atoms with van der Waals surface area (Å²) in [7, 11) is -1.83. The van der Waals surface area contributed by atoms with E-state index >= 15 is 0 Å². The molecule has 0 atom stereocenters. The summed E-state index contributed by atoms with van der Waals surface area (Å²) in [5.41, 5.74) is 0.740. The summed E-state index contributed by atoms with van der Waals surface area (Å²) < 4.78 is 26.2. The maximum Gasteiger partial charge on any atom is 0.242 e. The highest BCUT2D eigenvalue weighted by atomic mass is 35.5. The van der Waals surface area contributed by atoms with E-state index in [-0.39, 0.29) is 10.8 Å². The van der Waals surface area contributed by atoms with Crippen molar-refractivity contribution in [1.29, 1.82) is 0 Å². The summed E-state index contributed by atoms with van der Waals surface area (Å²) in [5.74, 6) is 0.772. The van der Waals surface area contributed by atoms with Crippen LogP contribution >= 0.6 is 23.2 Å². The average molecular weight is 322 g/mol. The molecule has 1 aliphatic carbocycles. The Kier molecular flexibility index (Phi) is 4.77. The molecule has 0 spiro atoms. The lowest BCUT2D eigenvalue weighted by Crippen LogP contribution is -2.34. The van der Waals surface area contributed by atoms with Gasteiger partial charge in [-0.1, -0.05) is 24.1 Å². The second-order valence-corrected chi connectivity index (χ2v) is 7.69. The highest BCUT2D eigenvalue weighted by molar-refractivity contribution is 7.89. The van der Waals surface area contributed by atoms with Crippen LogP contribution in [0, 0.1) is 5.92 Å². The number of halogens is 2. The van der Waals surface area contributed by atoms with E-state index in [1.54, 1.807) is 19.2 Å². The minimum atomic E-state index is -3.45. The Hall–Kier alpha value is -0.290. The number of hydrogen-bond acceptors (Lipinski definition) is 2. The lowest BCUT2D eigenvalue weighted by molar-refractivity contribution is 0.263. The third-order valence-electron chi connectivity index (χ3n) is 3.62. The van der Waals surface area contributed by atoms with E-state index in [0.29, 0.717) is 17.5 Å². The fraction of sp³-hybridized carbons (Fsp3) is 0.538. The molecule has 0 saturated heterocycles. The fourth-order valence-electron chi connectivity index (χ4n) is 2.11. The van der Waals surface area contributed by atoms with Crippen LogP contribution in [0.3, 0.4) is 0 Å². The molecule has 1 aromatic carbocycles. The predicted octanol–water partition coefficient (Wildman–Crippen LogP) is 3.50. The smallest absolute Gasteiger partial charge is 0.207 e. The fourth-order valence-corrected chi connectivity index (χ4v) is 4.00. The van der Waals surface area contributed by atoms with E-state index in [1.165, 1.54) is 16.8 Å². The van der Waals surface area contributed by atoms with Crippen LogP contribution < -0.4 is 0 Å². The van der Waals surface area contributed by atoms with Crippen molar-refractivity contribution in [3.63, 3.8) is 0 Å². The van der Waals surface area contributed by atoms with Crippen LogP contribution in [-0.2, 0) is 15.9 Å². The second kappa shape index (κ2) is 6.00. The van der Waals surface area contributed by atoms with Crippen LogP contribution in [-0.4, -0.2) is 26.3 Å². The van der Waals surface area contributed by atoms with Crippen LogP contribution in [0.4, 0.5) is 0 Å². The van der Waals surface area contributed by atoms with Crippen molar-refractivity contribution in [2.24, 2.45) is 5.92 Å². The molecule has 1 aliphatic rings. The third-order valence-corrected chi connectivity index (χ3v) is 6.08. The van der Waals surface area contributed by atoms with Crippen molar-refractivity contribution in [3.05, 3.63) is 28.8 Å². The molecule has 106 valence electrons. The Balaban J connectivity index is 2.20. The van der Waals surface area contributed by atoms with Gasteiger partial charge in [0.2, 0.25) is 10.0 Å². The molecule has 19 heavy (non-hydrogen) atoms. The minimum Gasteiger partial charge on any atom is -0.207 e. The van der Waals surface area contributed by atoms with Crippen LogP contribution in [0.15, 0.2) is 23.1 Å². The van der Waals surface area contributed by atoms with Gasteiger partial charge < -0.3 is 0 Å². The Morgan fingerprint density at radius 1 is 1.37 bits per heavy atom. The summed E-state index contributed by atoms with van der Waals surface area (Å²) in [4.78, 5) is 0.230. The van der Waals surface area contributed by atoms with Gasteiger partial charge in [-0.25, -0.2) is 12.7 Å². The van der Waals surface area contributed by atoms with Crippen molar-refractivity contribution >= 4 is 33.2 Å². The van der Waals surface area contributed by atoms with Gasteiger partial charge in [-0.05, 0) is 36.5 Å². The van der Waals surface area contributed by atoms with Crippen molar-refractivity contribution in [2.75, 3.05) is 13.6 Å². The molecule has 1 saturated carbocycles. The van der Waals surface area contributed by atoms with Crippen LogP contribution in [0.25, 0.3) is 0 Å². The summed E-state index contributed by atoms with van der Waals surface area (Å²) >= 11 is 11.7. The zero-order valence-corrected chi connectivity index (χ0v) is 13.1. The maximum absolute atomic E-state index is 12.4. The lowest BCUT2D eigenvalue weighted by Gasteiger charge is -2.29. The molecule has 0 N–H and O–H groups in total. The van der Waals surface area contributed by atoms with Crippen LogP contribution in [0.2, 0.25) is 5.02 Å². The summed E-state index contributed by atoms with van der Waals surface area (Å²) in [6, 6.07) is 4.71. The molecule has 2 rings (SSSR count). The lowest BCUT2D eigenvalue weighted by atomic mass is 9.86. The molecule has 0 aromatic heterocycles. The number of benzene rings is 1. The molecule has 1 fully saturated rings. The van der Waals surface area contributed by atoms with Crippen molar-refractivity contribution < 1.29 is 8.42 Å². The SMILES string of the molecule is CN(CC1CCC1)S(=O)(=O)c1ccc(CCl)c(Cl)c1. The average Bonchev–Trinajstić information content (AvgIpc) is 2.33. The van der Waals surface area contributed by atoms with Gasteiger partial charge in [-0.2, -0.15) is 0 Å². The normalized spacial score (nSPS) is 16.6. The van der Waals surface area contributed by atoms with E-state index in [9.17, 15) is 8.42 Å². The van der Waals surface area contributed by atoms with Gasteiger partial charge in [0.15, 0.2) is 0 Å². The van der Waals surface area contributed by atoms with E-state index < -0.39 is 10.0 Å². The Labute approximate surface area is 124 Å². The zero-order chi connectivity index (χ0) is 14.0. The topological polar surface area (TPSA) is 37.4 Å². The first-order valence-electron chi connectivity index (χ1n) is 6.26. The standard InChI is InChI=1S/C13H17Cl2NO2S/c1-16(9-10-3-2-4-10)19(17,18)12-6-5-11(8-14)13(15)7-12/h5-7,10H,2-4,8-9H2,1H3. The molecule has 0 amide bonds. The predicted molar refractivity (Wildman–Crippen MR) is 78.2 cm³/mol. The molecular weight excluding hydrogens is 305 g/mol. The molecule has 0 aliphatic heterocycles. The Bertz CT molecular complexity index is 556. The maximum atomic E-state index is 12.4. The van der Waals surface area contributed by atoms with Gasteiger partial charge >= 0.3 is 0 Å². The largest absolute Gasteiger partial charge is 0.242 e. The first kappa shape index (κ1) is 15.1. The molecule has 0 heterocycles. The van der Waals surface area contributed by atoms with Gasteiger partial charge in [0.25, 0.3) is 0 Å². The van der Waals surface area contributed by atoms with E-state index in [0.717, 1.165) is 18.4 Å². The molecular formula is C13H17Cl2NO2S. The summed E-state index contributed by atoms with van der Waals surface area (Å²) in [5, 5.41) is 0.396. The quantitative estimate of drug-likeness (QED) is 0.778. The van der Waals surface area contributed by atoms with Gasteiger partial charge in [0.1, 0.15) is 0 Å². The molecule has 0 bridgehead atoms. The Morgan fingerprint density at radius 3 is 2.53 bits per heavy atom. The van der Waals surface area contributed by atoms with Crippen LogP contribution in [0.1, 0.15) is 24.8 Å². The summed E-state index contributed by atoms with van der Waals surface area (Å²) in [6.07, 6.45) is 3.44. The second-order valence-electron chi connectivity index (χ2n) is 4.97. The van der Waals surface area contributed by atoms with Gasteiger partial charge in [-0.15, -0.1) is 11.6 Å². The van der Waals surface area contributed by atoms with E-state index in [2.05, 4.69) is 0 Å². The summed E-state index contributed by atoms with van der Waals surface area (Å²) in [6.45, 7) is 0.581. The number of hydrogen-bond donors (Lipinski definition) is 0. The number of sulfonamides is 1.